The Labute approximate surface area is 135 Å². The number of nitro benzene ring substituents is 1. The van der Waals surface area contributed by atoms with Crippen LogP contribution in [0.15, 0.2) is 40.3 Å². The van der Waals surface area contributed by atoms with E-state index >= 15 is 0 Å². The molecule has 3 N–H and O–H groups in total. The summed E-state index contributed by atoms with van der Waals surface area (Å²) in [5, 5.41) is 19.3. The standard InChI is InChI=1S/C16H14N4O4/c21-11-3-1-2-10-13(11)12(14-15(17-10)18-19-16(14)22)8-4-6-9(7-5-8)20(23)24/h4-7,12H,1-3H2,(H3,17,18,19,22)/t12-/m1/s1. The van der Waals surface area contributed by atoms with Crippen molar-refractivity contribution in [1.29, 1.82) is 0 Å². The van der Waals surface area contributed by atoms with Gasteiger partial charge in [-0.25, -0.2) is 0 Å². The summed E-state index contributed by atoms with van der Waals surface area (Å²) in [5.41, 5.74) is 2.21. The highest BCUT2D eigenvalue weighted by Crippen LogP contribution is 2.43. The maximum absolute atomic E-state index is 12.5. The molecular weight excluding hydrogens is 312 g/mol. The first kappa shape index (κ1) is 14.4. The zero-order chi connectivity index (χ0) is 16.8. The summed E-state index contributed by atoms with van der Waals surface area (Å²) in [4.78, 5) is 35.1. The molecule has 2 aliphatic rings. The molecule has 24 heavy (non-hydrogen) atoms. The lowest BCUT2D eigenvalue weighted by Crippen LogP contribution is -2.29. The molecular formula is C16H14N4O4. The van der Waals surface area contributed by atoms with Gasteiger partial charge in [0.25, 0.3) is 11.2 Å². The van der Waals surface area contributed by atoms with Crippen LogP contribution in [0.1, 0.15) is 36.3 Å². The topological polar surface area (TPSA) is 121 Å². The minimum Gasteiger partial charge on any atom is -0.343 e. The number of rotatable bonds is 2. The molecule has 1 aliphatic carbocycles. The van der Waals surface area contributed by atoms with Gasteiger partial charge >= 0.3 is 0 Å². The fourth-order valence-corrected chi connectivity index (χ4v) is 3.49. The molecule has 2 heterocycles. The first-order valence-corrected chi connectivity index (χ1v) is 7.64. The van der Waals surface area contributed by atoms with Gasteiger partial charge in [-0.3, -0.25) is 29.9 Å². The van der Waals surface area contributed by atoms with Gasteiger partial charge in [-0.15, -0.1) is 0 Å². The number of nitrogens with one attached hydrogen (secondary N) is 3. The van der Waals surface area contributed by atoms with Gasteiger partial charge < -0.3 is 5.32 Å². The van der Waals surface area contributed by atoms with Crippen molar-refractivity contribution in [1.82, 2.24) is 10.2 Å². The third-order valence-electron chi connectivity index (χ3n) is 4.56. The molecule has 1 aliphatic heterocycles. The minimum atomic E-state index is -0.514. The molecule has 8 nitrogen and oxygen atoms in total. The number of nitrogens with zero attached hydrogens (tertiary/aromatic N) is 1. The van der Waals surface area contributed by atoms with Crippen LogP contribution in [0, 0.1) is 10.1 Å². The van der Waals surface area contributed by atoms with Crippen LogP contribution in [-0.2, 0) is 4.79 Å². The number of Topliss-reactive ketones (excluding diaryl/α,β-unsaturated/α-hetero) is 1. The highest BCUT2D eigenvalue weighted by molar-refractivity contribution is 6.00. The molecule has 0 amide bonds. The molecule has 0 saturated heterocycles. The largest absolute Gasteiger partial charge is 0.343 e. The lowest BCUT2D eigenvalue weighted by atomic mass is 9.77. The maximum atomic E-state index is 12.5. The Kier molecular flexibility index (Phi) is 3.12. The highest BCUT2D eigenvalue weighted by Gasteiger charge is 2.37. The van der Waals surface area contributed by atoms with E-state index in [0.717, 1.165) is 18.5 Å². The van der Waals surface area contributed by atoms with E-state index in [1.807, 2.05) is 0 Å². The molecule has 1 atom stereocenters. The lowest BCUT2D eigenvalue weighted by molar-refractivity contribution is -0.384. The van der Waals surface area contributed by atoms with Crippen molar-refractivity contribution in [3.8, 4) is 0 Å². The molecule has 2 aromatic rings. The molecule has 122 valence electrons. The van der Waals surface area contributed by atoms with Gasteiger partial charge in [0.1, 0.15) is 5.82 Å². The number of carbonyl (C=O) groups excluding carboxylic acids is 1. The third kappa shape index (κ3) is 2.07. The van der Waals surface area contributed by atoms with Gasteiger partial charge in [-0.1, -0.05) is 12.1 Å². The summed E-state index contributed by atoms with van der Waals surface area (Å²) >= 11 is 0. The van der Waals surface area contributed by atoms with Crippen LogP contribution in [0.4, 0.5) is 11.5 Å². The van der Waals surface area contributed by atoms with Gasteiger partial charge in [0.15, 0.2) is 5.78 Å². The van der Waals surface area contributed by atoms with Crippen LogP contribution < -0.4 is 10.9 Å². The molecule has 0 spiro atoms. The van der Waals surface area contributed by atoms with Crippen molar-refractivity contribution in [2.75, 3.05) is 5.32 Å². The number of hydrogen-bond acceptors (Lipinski definition) is 5. The quantitative estimate of drug-likeness (QED) is 0.577. The molecule has 0 fully saturated rings. The number of nitro groups is 1. The number of anilines is 1. The Balaban J connectivity index is 1.90. The number of carbonyl (C=O) groups is 1. The number of aromatic nitrogens is 2. The van der Waals surface area contributed by atoms with Crippen molar-refractivity contribution in [3.63, 3.8) is 0 Å². The number of H-pyrrole nitrogens is 2. The number of aromatic amines is 2. The molecule has 1 aromatic heterocycles. The van der Waals surface area contributed by atoms with Gasteiger partial charge in [-0.2, -0.15) is 0 Å². The first-order valence-electron chi connectivity index (χ1n) is 7.64. The van der Waals surface area contributed by atoms with Crippen molar-refractivity contribution in [3.05, 3.63) is 67.1 Å². The average molecular weight is 326 g/mol. The van der Waals surface area contributed by atoms with Gasteiger partial charge in [-0.05, 0) is 18.4 Å². The Morgan fingerprint density at radius 3 is 2.54 bits per heavy atom. The Hall–Kier alpha value is -3.16. The van der Waals surface area contributed by atoms with Crippen molar-refractivity contribution in [2.45, 2.75) is 25.2 Å². The second-order valence-electron chi connectivity index (χ2n) is 5.94. The normalized spacial score (nSPS) is 19.5. The third-order valence-corrected chi connectivity index (χ3v) is 4.56. The number of ketones is 1. The molecule has 1 aromatic carbocycles. The summed E-state index contributed by atoms with van der Waals surface area (Å²) in [6, 6.07) is 6.00. The van der Waals surface area contributed by atoms with E-state index in [-0.39, 0.29) is 17.0 Å². The summed E-state index contributed by atoms with van der Waals surface area (Å²) in [5.74, 6) is 0.0509. The Morgan fingerprint density at radius 1 is 1.08 bits per heavy atom. The van der Waals surface area contributed by atoms with Crippen LogP contribution >= 0.6 is 0 Å². The van der Waals surface area contributed by atoms with E-state index in [9.17, 15) is 19.7 Å². The zero-order valence-electron chi connectivity index (χ0n) is 12.6. The molecule has 0 bridgehead atoms. The van der Waals surface area contributed by atoms with E-state index in [0.29, 0.717) is 28.9 Å². The fourth-order valence-electron chi connectivity index (χ4n) is 3.49. The summed E-state index contributed by atoms with van der Waals surface area (Å²) in [6.07, 6.45) is 1.94. The van der Waals surface area contributed by atoms with Gasteiger partial charge in [0.2, 0.25) is 0 Å². The summed E-state index contributed by atoms with van der Waals surface area (Å²) in [7, 11) is 0. The monoisotopic (exact) mass is 326 g/mol. The minimum absolute atomic E-state index is 0.0124. The Morgan fingerprint density at radius 2 is 1.83 bits per heavy atom. The fraction of sp³-hybridized carbons (Fsp3) is 0.250. The molecule has 0 unspecified atom stereocenters. The van der Waals surface area contributed by atoms with E-state index < -0.39 is 10.8 Å². The average Bonchev–Trinajstić information content (AvgIpc) is 2.94. The molecule has 0 saturated carbocycles. The number of hydrogen-bond donors (Lipinski definition) is 3. The van der Waals surface area contributed by atoms with Crippen LogP contribution in [-0.4, -0.2) is 20.9 Å². The van der Waals surface area contributed by atoms with E-state index in [1.54, 1.807) is 12.1 Å². The Bertz CT molecular complexity index is 936. The van der Waals surface area contributed by atoms with E-state index in [4.69, 9.17) is 0 Å². The van der Waals surface area contributed by atoms with Crippen LogP contribution in [0.25, 0.3) is 0 Å². The smallest absolute Gasteiger partial charge is 0.270 e. The number of benzene rings is 1. The second kappa shape index (κ2) is 5.19. The first-order chi connectivity index (χ1) is 11.6. The van der Waals surface area contributed by atoms with Crippen LogP contribution in [0.2, 0.25) is 0 Å². The van der Waals surface area contributed by atoms with Gasteiger partial charge in [0, 0.05) is 35.7 Å². The number of fused-ring (bicyclic) bond motifs is 1. The summed E-state index contributed by atoms with van der Waals surface area (Å²) in [6.45, 7) is 0. The van der Waals surface area contributed by atoms with Crippen LogP contribution in [0.5, 0.6) is 0 Å². The second-order valence-corrected chi connectivity index (χ2v) is 5.94. The molecule has 4 rings (SSSR count). The van der Waals surface area contributed by atoms with Crippen molar-refractivity contribution in [2.24, 2.45) is 0 Å². The predicted octanol–water partition coefficient (Wildman–Crippen LogP) is 2.18. The van der Waals surface area contributed by atoms with Crippen molar-refractivity contribution < 1.29 is 9.72 Å². The van der Waals surface area contributed by atoms with E-state index in [2.05, 4.69) is 15.5 Å². The van der Waals surface area contributed by atoms with Crippen LogP contribution in [0.3, 0.4) is 0 Å². The van der Waals surface area contributed by atoms with Crippen molar-refractivity contribution >= 4 is 17.3 Å². The SMILES string of the molecule is O=C1CCCC2=C1[C@@H](c1ccc([N+](=O)[O-])cc1)c1c([nH][nH]c1=O)N2. The maximum Gasteiger partial charge on any atom is 0.270 e. The van der Waals surface area contributed by atoms with Gasteiger partial charge in [0.05, 0.1) is 10.5 Å². The molecule has 8 heteroatoms. The lowest BCUT2D eigenvalue weighted by Gasteiger charge is -2.31. The zero-order valence-corrected chi connectivity index (χ0v) is 12.6. The number of non-ortho nitro benzene ring substituents is 1. The summed E-state index contributed by atoms with van der Waals surface area (Å²) < 4.78 is 0. The molecule has 0 radical (unpaired) electrons. The number of allylic oxidation sites excluding steroid dienone is 2. The highest BCUT2D eigenvalue weighted by atomic mass is 16.6. The van der Waals surface area contributed by atoms with E-state index in [1.165, 1.54) is 12.1 Å². The predicted molar refractivity (Wildman–Crippen MR) is 85.9 cm³/mol.